The van der Waals surface area contributed by atoms with Crippen molar-refractivity contribution in [3.63, 3.8) is 0 Å². The maximum absolute atomic E-state index is 12.7. The monoisotopic (exact) mass is 424 g/mol. The minimum absolute atomic E-state index is 0.0513. The molecule has 0 aromatic heterocycles. The number of nitrogens with one attached hydrogen (secondary N) is 2. The number of rotatable bonds is 7. The van der Waals surface area contributed by atoms with Gasteiger partial charge in [0.05, 0.1) is 17.4 Å². The summed E-state index contributed by atoms with van der Waals surface area (Å²) < 4.78 is 11.3. The van der Waals surface area contributed by atoms with E-state index in [0.29, 0.717) is 23.5 Å². The molecule has 6 nitrogen and oxygen atoms in total. The lowest BCUT2D eigenvalue weighted by Crippen LogP contribution is -2.34. The van der Waals surface area contributed by atoms with E-state index >= 15 is 0 Å². The molecule has 1 aliphatic rings. The number of benzene rings is 2. The van der Waals surface area contributed by atoms with Gasteiger partial charge in [0.2, 0.25) is 0 Å². The minimum atomic E-state index is -0.719. The maximum Gasteiger partial charge on any atom is 0.265 e. The van der Waals surface area contributed by atoms with Crippen LogP contribution in [-0.4, -0.2) is 37.2 Å². The minimum Gasteiger partial charge on any atom is -0.481 e. The Morgan fingerprint density at radius 2 is 1.84 bits per heavy atom. The van der Waals surface area contributed by atoms with Crippen LogP contribution >= 0.6 is 0 Å². The molecule has 2 aromatic rings. The summed E-state index contributed by atoms with van der Waals surface area (Å²) in [6.07, 6.45) is 1.31. The number of hydrogen-bond acceptors (Lipinski definition) is 4. The van der Waals surface area contributed by atoms with Gasteiger partial charge in [-0.2, -0.15) is 0 Å². The van der Waals surface area contributed by atoms with Gasteiger partial charge in [-0.25, -0.2) is 0 Å². The Bertz CT molecular complexity index is 896. The number of carbonyl (C=O) groups excluding carboxylic acids is 2. The molecule has 2 aromatic carbocycles. The molecule has 1 saturated heterocycles. The standard InChI is InChI=1S/C25H32N2O4/c1-17(31-19-13-11-18(12-14-19)25(2,3)4)23(28)27-22-10-6-5-9-21(22)24(29)26-16-20-8-7-15-30-20/h5-6,9-14,17,20H,7-8,15-16H2,1-4H3,(H,26,29)(H,27,28)/t17-,20-/m1/s1. The highest BCUT2D eigenvalue weighted by atomic mass is 16.5. The van der Waals surface area contributed by atoms with E-state index in [1.165, 1.54) is 5.56 Å². The van der Waals surface area contributed by atoms with Crippen LogP contribution in [0.1, 0.15) is 56.5 Å². The smallest absolute Gasteiger partial charge is 0.265 e. The zero-order valence-electron chi connectivity index (χ0n) is 18.7. The van der Waals surface area contributed by atoms with Crippen LogP contribution in [0.3, 0.4) is 0 Å². The number of amides is 2. The molecule has 6 heteroatoms. The molecule has 3 rings (SSSR count). The third-order valence-corrected chi connectivity index (χ3v) is 5.35. The molecule has 0 spiro atoms. The summed E-state index contributed by atoms with van der Waals surface area (Å²) in [6.45, 7) is 9.33. The molecule has 2 amide bonds. The van der Waals surface area contributed by atoms with Gasteiger partial charge in [-0.1, -0.05) is 45.0 Å². The molecule has 2 atom stereocenters. The molecule has 0 saturated carbocycles. The Kier molecular flexibility index (Phi) is 7.33. The lowest BCUT2D eigenvalue weighted by Gasteiger charge is -2.20. The van der Waals surface area contributed by atoms with Crippen molar-refractivity contribution in [2.45, 2.75) is 58.2 Å². The van der Waals surface area contributed by atoms with E-state index in [-0.39, 0.29) is 23.3 Å². The molecule has 166 valence electrons. The van der Waals surface area contributed by atoms with Crippen LogP contribution in [0.25, 0.3) is 0 Å². The van der Waals surface area contributed by atoms with Gasteiger partial charge in [-0.3, -0.25) is 9.59 Å². The molecule has 0 radical (unpaired) electrons. The number of carbonyl (C=O) groups is 2. The van der Waals surface area contributed by atoms with Crippen LogP contribution in [0.2, 0.25) is 0 Å². The van der Waals surface area contributed by atoms with Gasteiger partial charge >= 0.3 is 0 Å². The SMILES string of the molecule is C[C@@H](Oc1ccc(C(C)(C)C)cc1)C(=O)Nc1ccccc1C(=O)NC[C@H]1CCCO1. The van der Waals surface area contributed by atoms with Gasteiger partial charge < -0.3 is 20.1 Å². The van der Waals surface area contributed by atoms with E-state index in [9.17, 15) is 9.59 Å². The second-order valence-corrected chi connectivity index (χ2v) is 8.91. The van der Waals surface area contributed by atoms with Gasteiger partial charge in [-0.15, -0.1) is 0 Å². The van der Waals surface area contributed by atoms with Crippen LogP contribution in [-0.2, 0) is 14.9 Å². The fraction of sp³-hybridized carbons (Fsp3) is 0.440. The number of hydrogen-bond donors (Lipinski definition) is 2. The van der Waals surface area contributed by atoms with E-state index in [4.69, 9.17) is 9.47 Å². The summed E-state index contributed by atoms with van der Waals surface area (Å²) in [5, 5.41) is 5.71. The Labute approximate surface area is 184 Å². The molecular weight excluding hydrogens is 392 g/mol. The molecule has 1 heterocycles. The van der Waals surface area contributed by atoms with Gasteiger partial charge in [0.25, 0.3) is 11.8 Å². The third kappa shape index (κ3) is 6.31. The first-order valence-electron chi connectivity index (χ1n) is 10.8. The second kappa shape index (κ2) is 9.96. The summed E-state index contributed by atoms with van der Waals surface area (Å²) >= 11 is 0. The van der Waals surface area contributed by atoms with Gasteiger partial charge in [0, 0.05) is 13.2 Å². The molecule has 31 heavy (non-hydrogen) atoms. The second-order valence-electron chi connectivity index (χ2n) is 8.91. The summed E-state index contributed by atoms with van der Waals surface area (Å²) in [4.78, 5) is 25.3. The first-order valence-corrected chi connectivity index (χ1v) is 10.8. The lowest BCUT2D eigenvalue weighted by atomic mass is 9.87. The molecule has 2 N–H and O–H groups in total. The normalized spacial score (nSPS) is 17.1. The van der Waals surface area contributed by atoms with E-state index in [0.717, 1.165) is 19.4 Å². The molecular formula is C25H32N2O4. The summed E-state index contributed by atoms with van der Waals surface area (Å²) in [5.41, 5.74) is 2.11. The summed E-state index contributed by atoms with van der Waals surface area (Å²) in [5.74, 6) is 0.0651. The number of ether oxygens (including phenoxy) is 2. The summed E-state index contributed by atoms with van der Waals surface area (Å²) in [7, 11) is 0. The van der Waals surface area contributed by atoms with Crippen molar-refractivity contribution in [2.24, 2.45) is 0 Å². The predicted octanol–water partition coefficient (Wildman–Crippen LogP) is 4.30. The lowest BCUT2D eigenvalue weighted by molar-refractivity contribution is -0.122. The zero-order valence-corrected chi connectivity index (χ0v) is 18.7. The molecule has 0 aliphatic carbocycles. The van der Waals surface area contributed by atoms with Crippen molar-refractivity contribution in [1.29, 1.82) is 0 Å². The Morgan fingerprint density at radius 3 is 2.48 bits per heavy atom. The van der Waals surface area contributed by atoms with E-state index in [1.807, 2.05) is 24.3 Å². The van der Waals surface area contributed by atoms with Crippen molar-refractivity contribution in [2.75, 3.05) is 18.5 Å². The van der Waals surface area contributed by atoms with Crippen molar-refractivity contribution in [1.82, 2.24) is 5.32 Å². The van der Waals surface area contributed by atoms with E-state index in [1.54, 1.807) is 31.2 Å². The largest absolute Gasteiger partial charge is 0.481 e. The molecule has 1 aliphatic heterocycles. The average molecular weight is 425 g/mol. The zero-order chi connectivity index (χ0) is 22.4. The highest BCUT2D eigenvalue weighted by Crippen LogP contribution is 2.25. The Hall–Kier alpha value is -2.86. The maximum atomic E-state index is 12.7. The fourth-order valence-corrected chi connectivity index (χ4v) is 3.42. The quantitative estimate of drug-likeness (QED) is 0.695. The highest BCUT2D eigenvalue weighted by molar-refractivity contribution is 6.04. The molecule has 0 bridgehead atoms. The topological polar surface area (TPSA) is 76.7 Å². The summed E-state index contributed by atoms with van der Waals surface area (Å²) in [6, 6.07) is 14.7. The number of para-hydroxylation sites is 1. The van der Waals surface area contributed by atoms with E-state index < -0.39 is 6.10 Å². The molecule has 1 fully saturated rings. The highest BCUT2D eigenvalue weighted by Gasteiger charge is 2.21. The Balaban J connectivity index is 1.59. The Morgan fingerprint density at radius 1 is 1.13 bits per heavy atom. The van der Waals surface area contributed by atoms with Crippen molar-refractivity contribution < 1.29 is 19.1 Å². The van der Waals surface area contributed by atoms with Crippen LogP contribution < -0.4 is 15.4 Å². The van der Waals surface area contributed by atoms with Crippen molar-refractivity contribution >= 4 is 17.5 Å². The van der Waals surface area contributed by atoms with Gasteiger partial charge in [0.1, 0.15) is 5.75 Å². The molecule has 0 unspecified atom stereocenters. The van der Waals surface area contributed by atoms with Crippen molar-refractivity contribution in [3.8, 4) is 5.75 Å². The van der Waals surface area contributed by atoms with Crippen LogP contribution in [0.4, 0.5) is 5.69 Å². The number of anilines is 1. The fourth-order valence-electron chi connectivity index (χ4n) is 3.42. The predicted molar refractivity (Wildman–Crippen MR) is 122 cm³/mol. The first-order chi connectivity index (χ1) is 14.7. The van der Waals surface area contributed by atoms with Crippen LogP contribution in [0.15, 0.2) is 48.5 Å². The van der Waals surface area contributed by atoms with Crippen molar-refractivity contribution in [3.05, 3.63) is 59.7 Å². The van der Waals surface area contributed by atoms with Crippen LogP contribution in [0.5, 0.6) is 5.75 Å². The van der Waals surface area contributed by atoms with Crippen LogP contribution in [0, 0.1) is 0 Å². The first kappa shape index (κ1) is 22.8. The van der Waals surface area contributed by atoms with E-state index in [2.05, 4.69) is 31.4 Å². The average Bonchev–Trinajstić information content (AvgIpc) is 3.26. The van der Waals surface area contributed by atoms with Gasteiger partial charge in [0.15, 0.2) is 6.10 Å². The third-order valence-electron chi connectivity index (χ3n) is 5.35. The van der Waals surface area contributed by atoms with Gasteiger partial charge in [-0.05, 0) is 55.0 Å².